The van der Waals surface area contributed by atoms with Crippen molar-refractivity contribution in [2.24, 2.45) is 11.7 Å². The van der Waals surface area contributed by atoms with Crippen molar-refractivity contribution in [2.45, 2.75) is 51.7 Å². The number of hydrogen-bond acceptors (Lipinski definition) is 3. The standard InChI is InChI=1S/C17H30N2O/c1-14(2)8-6-7-11-19-13-17(20)16(18)12-15-9-4-3-5-10-15/h3-5,9-10,14,16-17,19-20H,6-8,11-13,18H2,1-2H3/t16-,17+/m0/s1. The van der Waals surface area contributed by atoms with E-state index >= 15 is 0 Å². The van der Waals surface area contributed by atoms with Crippen molar-refractivity contribution in [3.8, 4) is 0 Å². The average Bonchev–Trinajstić information content (AvgIpc) is 2.43. The topological polar surface area (TPSA) is 58.3 Å². The summed E-state index contributed by atoms with van der Waals surface area (Å²) in [5.41, 5.74) is 7.22. The molecule has 20 heavy (non-hydrogen) atoms. The molecule has 0 bridgehead atoms. The second-order valence-electron chi connectivity index (χ2n) is 6.01. The highest BCUT2D eigenvalue weighted by Gasteiger charge is 2.14. The van der Waals surface area contributed by atoms with E-state index < -0.39 is 6.10 Å². The molecular formula is C17H30N2O. The maximum Gasteiger partial charge on any atom is 0.0818 e. The number of nitrogens with two attached hydrogens (primary N) is 1. The number of nitrogens with one attached hydrogen (secondary N) is 1. The Bertz CT molecular complexity index is 340. The Morgan fingerprint density at radius 1 is 1.15 bits per heavy atom. The summed E-state index contributed by atoms with van der Waals surface area (Å²) in [6.45, 7) is 6.04. The maximum atomic E-state index is 10.0. The lowest BCUT2D eigenvalue weighted by molar-refractivity contribution is 0.142. The van der Waals surface area contributed by atoms with Gasteiger partial charge in [0.25, 0.3) is 0 Å². The molecule has 114 valence electrons. The van der Waals surface area contributed by atoms with E-state index in [2.05, 4.69) is 19.2 Å². The number of benzene rings is 1. The van der Waals surface area contributed by atoms with Crippen LogP contribution in [-0.2, 0) is 6.42 Å². The van der Waals surface area contributed by atoms with Crippen molar-refractivity contribution in [2.75, 3.05) is 13.1 Å². The lowest BCUT2D eigenvalue weighted by atomic mass is 10.0. The van der Waals surface area contributed by atoms with Crippen LogP contribution in [0.2, 0.25) is 0 Å². The van der Waals surface area contributed by atoms with Crippen molar-refractivity contribution >= 4 is 0 Å². The van der Waals surface area contributed by atoms with Gasteiger partial charge in [-0.15, -0.1) is 0 Å². The lowest BCUT2D eigenvalue weighted by Crippen LogP contribution is -2.43. The first-order valence-corrected chi connectivity index (χ1v) is 7.78. The summed E-state index contributed by atoms with van der Waals surface area (Å²) in [4.78, 5) is 0. The van der Waals surface area contributed by atoms with Crippen LogP contribution in [-0.4, -0.2) is 30.3 Å². The van der Waals surface area contributed by atoms with Gasteiger partial charge < -0.3 is 16.2 Å². The number of unbranched alkanes of at least 4 members (excludes halogenated alkanes) is 1. The van der Waals surface area contributed by atoms with Crippen molar-refractivity contribution in [3.63, 3.8) is 0 Å². The number of aliphatic hydroxyl groups excluding tert-OH is 1. The van der Waals surface area contributed by atoms with E-state index in [1.54, 1.807) is 0 Å². The molecule has 0 aromatic heterocycles. The SMILES string of the molecule is CC(C)CCCCNC[C@@H](O)[C@@H](N)Cc1ccccc1. The molecular weight excluding hydrogens is 248 g/mol. The smallest absolute Gasteiger partial charge is 0.0818 e. The quantitative estimate of drug-likeness (QED) is 0.576. The molecule has 4 N–H and O–H groups in total. The fraction of sp³-hybridized carbons (Fsp3) is 0.647. The Morgan fingerprint density at radius 2 is 1.85 bits per heavy atom. The minimum absolute atomic E-state index is 0.208. The highest BCUT2D eigenvalue weighted by Crippen LogP contribution is 2.06. The Balaban J connectivity index is 2.11. The average molecular weight is 278 g/mol. The minimum atomic E-state index is -0.486. The number of rotatable bonds is 10. The van der Waals surface area contributed by atoms with Gasteiger partial charge in [-0.3, -0.25) is 0 Å². The Morgan fingerprint density at radius 3 is 2.50 bits per heavy atom. The Labute approximate surface area is 123 Å². The van der Waals surface area contributed by atoms with E-state index in [0.29, 0.717) is 6.54 Å². The number of aliphatic hydroxyl groups is 1. The van der Waals surface area contributed by atoms with Crippen LogP contribution in [0.25, 0.3) is 0 Å². The van der Waals surface area contributed by atoms with E-state index in [4.69, 9.17) is 5.73 Å². The van der Waals surface area contributed by atoms with Crippen LogP contribution in [0, 0.1) is 5.92 Å². The zero-order valence-electron chi connectivity index (χ0n) is 12.9. The fourth-order valence-electron chi connectivity index (χ4n) is 2.23. The predicted octanol–water partition coefficient (Wildman–Crippen LogP) is 2.33. The van der Waals surface area contributed by atoms with Gasteiger partial charge >= 0.3 is 0 Å². The van der Waals surface area contributed by atoms with Gasteiger partial charge in [-0.05, 0) is 30.9 Å². The molecule has 0 heterocycles. The summed E-state index contributed by atoms with van der Waals surface area (Å²) < 4.78 is 0. The fourth-order valence-corrected chi connectivity index (χ4v) is 2.23. The highest BCUT2D eigenvalue weighted by molar-refractivity contribution is 5.16. The second kappa shape index (κ2) is 9.92. The van der Waals surface area contributed by atoms with Crippen LogP contribution in [0.1, 0.15) is 38.7 Å². The third-order valence-corrected chi connectivity index (χ3v) is 3.55. The summed E-state index contributed by atoms with van der Waals surface area (Å²) in [6, 6.07) is 9.88. The van der Waals surface area contributed by atoms with Gasteiger partial charge in [-0.1, -0.05) is 57.0 Å². The van der Waals surface area contributed by atoms with Gasteiger partial charge in [0, 0.05) is 12.6 Å². The lowest BCUT2D eigenvalue weighted by Gasteiger charge is -2.19. The molecule has 0 fully saturated rings. The van der Waals surface area contributed by atoms with Gasteiger partial charge in [0.05, 0.1) is 6.10 Å². The molecule has 0 aliphatic rings. The molecule has 0 spiro atoms. The summed E-state index contributed by atoms with van der Waals surface area (Å²) in [7, 11) is 0. The molecule has 3 heteroatoms. The van der Waals surface area contributed by atoms with E-state index in [1.807, 2.05) is 30.3 Å². The third kappa shape index (κ3) is 7.63. The normalized spacial score (nSPS) is 14.4. The van der Waals surface area contributed by atoms with Crippen LogP contribution in [0.3, 0.4) is 0 Å². The van der Waals surface area contributed by atoms with Crippen LogP contribution in [0.4, 0.5) is 0 Å². The van der Waals surface area contributed by atoms with Crippen LogP contribution in [0.5, 0.6) is 0 Å². The first kappa shape index (κ1) is 17.2. The summed E-state index contributed by atoms with van der Waals surface area (Å²) in [6.07, 6.45) is 3.92. The molecule has 0 saturated heterocycles. The minimum Gasteiger partial charge on any atom is -0.390 e. The van der Waals surface area contributed by atoms with Crippen molar-refractivity contribution in [1.29, 1.82) is 0 Å². The Kier molecular flexibility index (Phi) is 8.51. The van der Waals surface area contributed by atoms with Gasteiger partial charge in [-0.25, -0.2) is 0 Å². The van der Waals surface area contributed by atoms with Crippen LogP contribution < -0.4 is 11.1 Å². The molecule has 0 aliphatic heterocycles. The second-order valence-corrected chi connectivity index (χ2v) is 6.01. The molecule has 2 atom stereocenters. The monoisotopic (exact) mass is 278 g/mol. The van der Waals surface area contributed by atoms with Crippen LogP contribution in [0.15, 0.2) is 30.3 Å². The Hall–Kier alpha value is -0.900. The first-order valence-electron chi connectivity index (χ1n) is 7.78. The molecule has 1 aromatic carbocycles. The predicted molar refractivity (Wildman–Crippen MR) is 85.7 cm³/mol. The van der Waals surface area contributed by atoms with Crippen LogP contribution >= 0.6 is 0 Å². The largest absolute Gasteiger partial charge is 0.390 e. The number of hydrogen-bond donors (Lipinski definition) is 3. The van der Waals surface area contributed by atoms with Gasteiger partial charge in [0.2, 0.25) is 0 Å². The summed E-state index contributed by atoms with van der Waals surface area (Å²) in [5, 5.41) is 13.3. The van der Waals surface area contributed by atoms with E-state index in [9.17, 15) is 5.11 Å². The maximum absolute atomic E-state index is 10.0. The third-order valence-electron chi connectivity index (χ3n) is 3.55. The molecule has 3 nitrogen and oxygen atoms in total. The molecule has 1 rings (SSSR count). The molecule has 0 aliphatic carbocycles. The summed E-state index contributed by atoms with van der Waals surface area (Å²) >= 11 is 0. The zero-order chi connectivity index (χ0) is 14.8. The van der Waals surface area contributed by atoms with E-state index in [-0.39, 0.29) is 6.04 Å². The van der Waals surface area contributed by atoms with Gasteiger partial charge in [-0.2, -0.15) is 0 Å². The molecule has 1 aromatic rings. The van der Waals surface area contributed by atoms with Crippen molar-refractivity contribution in [1.82, 2.24) is 5.32 Å². The molecule has 0 unspecified atom stereocenters. The molecule has 0 amide bonds. The van der Waals surface area contributed by atoms with E-state index in [1.165, 1.54) is 24.8 Å². The summed E-state index contributed by atoms with van der Waals surface area (Å²) in [5.74, 6) is 0.778. The molecule has 0 saturated carbocycles. The molecule has 0 radical (unpaired) electrons. The van der Waals surface area contributed by atoms with Gasteiger partial charge in [0.15, 0.2) is 0 Å². The zero-order valence-corrected chi connectivity index (χ0v) is 12.9. The van der Waals surface area contributed by atoms with Gasteiger partial charge in [0.1, 0.15) is 0 Å². The van der Waals surface area contributed by atoms with E-state index in [0.717, 1.165) is 18.9 Å². The first-order chi connectivity index (χ1) is 9.59. The highest BCUT2D eigenvalue weighted by atomic mass is 16.3. The van der Waals surface area contributed by atoms with Crippen molar-refractivity contribution < 1.29 is 5.11 Å². The van der Waals surface area contributed by atoms with Crippen molar-refractivity contribution in [3.05, 3.63) is 35.9 Å².